The Morgan fingerprint density at radius 1 is 1.14 bits per heavy atom. The summed E-state index contributed by atoms with van der Waals surface area (Å²) in [6, 6.07) is 9.42. The van der Waals surface area contributed by atoms with Crippen molar-refractivity contribution in [1.82, 2.24) is 9.80 Å². The van der Waals surface area contributed by atoms with Crippen LogP contribution in [0.4, 0.5) is 4.79 Å². The van der Waals surface area contributed by atoms with Gasteiger partial charge in [-0.25, -0.2) is 4.79 Å². The monoisotopic (exact) mass is 292 g/mol. The Balaban J connectivity index is 2.91. The SMILES string of the molecule is CCN(Cc1ccccc1)C(=O)N(CC(=O)O)C(C)(C)C. The molecule has 0 radical (unpaired) electrons. The quantitative estimate of drug-likeness (QED) is 0.907. The summed E-state index contributed by atoms with van der Waals surface area (Å²) >= 11 is 0. The molecule has 0 bridgehead atoms. The van der Waals surface area contributed by atoms with Crippen LogP contribution in [0.5, 0.6) is 0 Å². The van der Waals surface area contributed by atoms with Crippen LogP contribution in [0.3, 0.4) is 0 Å². The Kier molecular flexibility index (Phi) is 5.76. The maximum atomic E-state index is 12.6. The average molecular weight is 292 g/mol. The van der Waals surface area contributed by atoms with Crippen LogP contribution in [0.2, 0.25) is 0 Å². The van der Waals surface area contributed by atoms with Crippen molar-refractivity contribution >= 4 is 12.0 Å². The third kappa shape index (κ3) is 5.10. The molecule has 0 atom stereocenters. The van der Waals surface area contributed by atoms with Gasteiger partial charge in [-0.05, 0) is 33.3 Å². The zero-order valence-electron chi connectivity index (χ0n) is 13.2. The molecule has 5 nitrogen and oxygen atoms in total. The second-order valence-electron chi connectivity index (χ2n) is 5.93. The molecule has 5 heteroatoms. The molecule has 116 valence electrons. The normalized spacial score (nSPS) is 11.0. The molecule has 0 unspecified atom stereocenters. The van der Waals surface area contributed by atoms with Crippen LogP contribution in [0, 0.1) is 0 Å². The van der Waals surface area contributed by atoms with Gasteiger partial charge in [0.1, 0.15) is 6.54 Å². The van der Waals surface area contributed by atoms with Gasteiger partial charge >= 0.3 is 12.0 Å². The highest BCUT2D eigenvalue weighted by Gasteiger charge is 2.31. The molecule has 1 rings (SSSR count). The fraction of sp³-hybridized carbons (Fsp3) is 0.500. The van der Waals surface area contributed by atoms with E-state index >= 15 is 0 Å². The first-order valence-corrected chi connectivity index (χ1v) is 7.08. The van der Waals surface area contributed by atoms with Gasteiger partial charge in [0.05, 0.1) is 0 Å². The first-order valence-electron chi connectivity index (χ1n) is 7.08. The summed E-state index contributed by atoms with van der Waals surface area (Å²) < 4.78 is 0. The molecule has 0 spiro atoms. The minimum absolute atomic E-state index is 0.253. The summed E-state index contributed by atoms with van der Waals surface area (Å²) in [5.74, 6) is -1.01. The first-order chi connectivity index (χ1) is 9.75. The van der Waals surface area contributed by atoms with Crippen LogP contribution in [0.15, 0.2) is 30.3 Å². The Morgan fingerprint density at radius 3 is 2.14 bits per heavy atom. The molecule has 0 fully saturated rings. The van der Waals surface area contributed by atoms with E-state index in [2.05, 4.69) is 0 Å². The molecular weight excluding hydrogens is 268 g/mol. The lowest BCUT2D eigenvalue weighted by atomic mass is 10.1. The molecule has 0 aromatic heterocycles. The summed E-state index contributed by atoms with van der Waals surface area (Å²) in [6.07, 6.45) is 0. The molecule has 0 saturated carbocycles. The van der Waals surface area contributed by atoms with E-state index in [1.807, 2.05) is 58.0 Å². The van der Waals surface area contributed by atoms with Gasteiger partial charge in [-0.15, -0.1) is 0 Å². The van der Waals surface area contributed by atoms with E-state index in [9.17, 15) is 9.59 Å². The summed E-state index contributed by atoms with van der Waals surface area (Å²) in [6.45, 7) is 8.11. The zero-order chi connectivity index (χ0) is 16.0. The van der Waals surface area contributed by atoms with Crippen molar-refractivity contribution in [3.05, 3.63) is 35.9 Å². The smallest absolute Gasteiger partial charge is 0.323 e. The second kappa shape index (κ2) is 7.11. The molecule has 0 saturated heterocycles. The molecule has 0 heterocycles. The van der Waals surface area contributed by atoms with E-state index in [4.69, 9.17) is 5.11 Å². The summed E-state index contributed by atoms with van der Waals surface area (Å²) in [4.78, 5) is 26.7. The highest BCUT2D eigenvalue weighted by atomic mass is 16.4. The number of carbonyl (C=O) groups excluding carboxylic acids is 1. The predicted octanol–water partition coefficient (Wildman–Crippen LogP) is 2.81. The van der Waals surface area contributed by atoms with Gasteiger partial charge in [-0.2, -0.15) is 0 Å². The molecule has 2 amide bonds. The van der Waals surface area contributed by atoms with Gasteiger partial charge in [0, 0.05) is 18.6 Å². The summed E-state index contributed by atoms with van der Waals surface area (Å²) in [5, 5.41) is 9.03. The number of urea groups is 1. The number of carboxylic acids is 1. The van der Waals surface area contributed by atoms with Crippen molar-refractivity contribution in [2.75, 3.05) is 13.1 Å². The van der Waals surface area contributed by atoms with Crippen molar-refractivity contribution < 1.29 is 14.7 Å². The number of carbonyl (C=O) groups is 2. The number of hydrogen-bond donors (Lipinski definition) is 1. The topological polar surface area (TPSA) is 60.9 Å². The Hall–Kier alpha value is -2.04. The van der Waals surface area contributed by atoms with Gasteiger partial charge < -0.3 is 14.9 Å². The van der Waals surface area contributed by atoms with E-state index in [1.165, 1.54) is 4.90 Å². The van der Waals surface area contributed by atoms with Crippen LogP contribution in [-0.4, -0.2) is 45.5 Å². The highest BCUT2D eigenvalue weighted by molar-refractivity contribution is 5.80. The predicted molar refractivity (Wildman–Crippen MR) is 82.0 cm³/mol. The van der Waals surface area contributed by atoms with Gasteiger partial charge in [0.25, 0.3) is 0 Å². The first kappa shape index (κ1) is 17.0. The van der Waals surface area contributed by atoms with Crippen molar-refractivity contribution in [2.45, 2.75) is 39.8 Å². The fourth-order valence-corrected chi connectivity index (χ4v) is 2.02. The van der Waals surface area contributed by atoms with Crippen LogP contribution in [0.1, 0.15) is 33.3 Å². The second-order valence-corrected chi connectivity index (χ2v) is 5.93. The van der Waals surface area contributed by atoms with Crippen LogP contribution in [-0.2, 0) is 11.3 Å². The lowest BCUT2D eigenvalue weighted by Gasteiger charge is -2.38. The standard InChI is InChI=1S/C16H24N2O3/c1-5-17(11-13-9-7-6-8-10-13)15(21)18(12-14(19)20)16(2,3)4/h6-10H,5,11-12H2,1-4H3,(H,19,20). The third-order valence-electron chi connectivity index (χ3n) is 3.20. The number of hydrogen-bond acceptors (Lipinski definition) is 2. The molecular formula is C16H24N2O3. The lowest BCUT2D eigenvalue weighted by Crippen LogP contribution is -2.53. The third-order valence-corrected chi connectivity index (χ3v) is 3.20. The maximum Gasteiger partial charge on any atom is 0.323 e. The lowest BCUT2D eigenvalue weighted by molar-refractivity contribution is -0.138. The molecule has 1 aromatic rings. The summed E-state index contributed by atoms with van der Waals surface area (Å²) in [7, 11) is 0. The Bertz CT molecular complexity index is 480. The molecule has 0 aliphatic heterocycles. The van der Waals surface area contributed by atoms with Crippen LogP contribution >= 0.6 is 0 Å². The van der Waals surface area contributed by atoms with Crippen molar-refractivity contribution in [3.8, 4) is 0 Å². The number of rotatable bonds is 5. The molecule has 1 aromatic carbocycles. The molecule has 1 N–H and O–H groups in total. The van der Waals surface area contributed by atoms with Gasteiger partial charge in [0.2, 0.25) is 0 Å². The average Bonchev–Trinajstić information content (AvgIpc) is 2.41. The Labute approximate surface area is 126 Å². The maximum absolute atomic E-state index is 12.6. The molecule has 0 aliphatic carbocycles. The van der Waals surface area contributed by atoms with E-state index in [1.54, 1.807) is 4.90 Å². The minimum Gasteiger partial charge on any atom is -0.480 e. The van der Waals surface area contributed by atoms with E-state index < -0.39 is 11.5 Å². The van der Waals surface area contributed by atoms with E-state index in [-0.39, 0.29) is 12.6 Å². The highest BCUT2D eigenvalue weighted by Crippen LogP contribution is 2.17. The Morgan fingerprint density at radius 2 is 1.71 bits per heavy atom. The van der Waals surface area contributed by atoms with Gasteiger partial charge in [-0.1, -0.05) is 30.3 Å². The van der Waals surface area contributed by atoms with E-state index in [0.717, 1.165) is 5.56 Å². The van der Waals surface area contributed by atoms with Crippen molar-refractivity contribution in [1.29, 1.82) is 0 Å². The fourth-order valence-electron chi connectivity index (χ4n) is 2.02. The molecule has 21 heavy (non-hydrogen) atoms. The number of aliphatic carboxylic acids is 1. The summed E-state index contributed by atoms with van der Waals surface area (Å²) in [5.41, 5.74) is 0.483. The largest absolute Gasteiger partial charge is 0.480 e. The minimum atomic E-state index is -1.01. The number of carboxylic acid groups (broad SMARTS) is 1. The van der Waals surface area contributed by atoms with Crippen LogP contribution < -0.4 is 0 Å². The van der Waals surface area contributed by atoms with Gasteiger partial charge in [-0.3, -0.25) is 4.79 Å². The van der Waals surface area contributed by atoms with Crippen molar-refractivity contribution in [2.24, 2.45) is 0 Å². The number of benzene rings is 1. The molecule has 0 aliphatic rings. The number of nitrogens with zero attached hydrogens (tertiary/aromatic N) is 2. The van der Waals surface area contributed by atoms with E-state index in [0.29, 0.717) is 13.1 Å². The van der Waals surface area contributed by atoms with Crippen LogP contribution in [0.25, 0.3) is 0 Å². The number of amides is 2. The zero-order valence-corrected chi connectivity index (χ0v) is 13.2. The van der Waals surface area contributed by atoms with Gasteiger partial charge in [0.15, 0.2) is 0 Å². The van der Waals surface area contributed by atoms with Crippen molar-refractivity contribution in [3.63, 3.8) is 0 Å².